The Morgan fingerprint density at radius 2 is 2.00 bits per heavy atom. The van der Waals surface area contributed by atoms with Crippen LogP contribution in [0.15, 0.2) is 24.3 Å². The summed E-state index contributed by atoms with van der Waals surface area (Å²) < 4.78 is 18.7. The molecule has 1 aliphatic heterocycles. The van der Waals surface area contributed by atoms with Crippen molar-refractivity contribution in [1.29, 1.82) is 0 Å². The van der Waals surface area contributed by atoms with Gasteiger partial charge in [-0.25, -0.2) is 4.39 Å². The molecule has 0 saturated carbocycles. The summed E-state index contributed by atoms with van der Waals surface area (Å²) in [6.45, 7) is 2.59. The molecule has 1 nitrogen and oxygen atoms in total. The van der Waals surface area contributed by atoms with Gasteiger partial charge in [0, 0.05) is 12.8 Å². The molecule has 0 N–H and O–H groups in total. The van der Waals surface area contributed by atoms with Crippen LogP contribution in [0.1, 0.15) is 30.1 Å². The highest BCUT2D eigenvalue weighted by Crippen LogP contribution is 2.29. The summed E-state index contributed by atoms with van der Waals surface area (Å²) >= 11 is 0. The summed E-state index contributed by atoms with van der Waals surface area (Å²) in [5, 5.41) is 0. The van der Waals surface area contributed by atoms with Crippen LogP contribution >= 0.6 is 0 Å². The van der Waals surface area contributed by atoms with Crippen LogP contribution in [-0.2, 0) is 4.74 Å². The van der Waals surface area contributed by atoms with E-state index in [2.05, 4.69) is 0 Å². The average Bonchev–Trinajstić information content (AvgIpc) is 2.19. The van der Waals surface area contributed by atoms with Crippen molar-refractivity contribution in [3.63, 3.8) is 0 Å². The van der Waals surface area contributed by atoms with Gasteiger partial charge in [-0.3, -0.25) is 0 Å². The summed E-state index contributed by atoms with van der Waals surface area (Å²) in [6, 6.07) is 8.14. The molecule has 1 aliphatic rings. The smallest absolute Gasteiger partial charge is 0.105 e. The molecule has 0 aromatic heterocycles. The zero-order chi connectivity index (χ0) is 9.97. The van der Waals surface area contributed by atoms with Gasteiger partial charge in [-0.05, 0) is 12.5 Å². The van der Waals surface area contributed by atoms with E-state index in [0.717, 1.165) is 5.56 Å². The van der Waals surface area contributed by atoms with E-state index >= 15 is 0 Å². The second-order valence-corrected chi connectivity index (χ2v) is 3.89. The number of alkyl halides is 1. The molecule has 1 aromatic carbocycles. The number of hydrogen-bond acceptors (Lipinski definition) is 1. The fourth-order valence-electron chi connectivity index (χ4n) is 1.77. The lowest BCUT2D eigenvalue weighted by atomic mass is 9.99. The van der Waals surface area contributed by atoms with E-state index in [1.807, 2.05) is 31.2 Å². The van der Waals surface area contributed by atoms with Crippen molar-refractivity contribution >= 4 is 0 Å². The van der Waals surface area contributed by atoms with E-state index in [0.29, 0.717) is 19.4 Å². The molecule has 1 saturated heterocycles. The first-order valence-corrected chi connectivity index (χ1v) is 5.08. The second kappa shape index (κ2) is 4.09. The Hall–Kier alpha value is -0.890. The van der Waals surface area contributed by atoms with E-state index in [1.54, 1.807) is 0 Å². The van der Waals surface area contributed by atoms with Gasteiger partial charge in [0.1, 0.15) is 6.17 Å². The predicted molar refractivity (Wildman–Crippen MR) is 54.0 cm³/mol. The van der Waals surface area contributed by atoms with E-state index in [4.69, 9.17) is 4.74 Å². The Kier molecular flexibility index (Phi) is 2.82. The largest absolute Gasteiger partial charge is 0.373 e. The first kappa shape index (κ1) is 9.66. The lowest BCUT2D eigenvalue weighted by Crippen LogP contribution is -2.20. The van der Waals surface area contributed by atoms with Crippen LogP contribution < -0.4 is 0 Å². The van der Waals surface area contributed by atoms with Gasteiger partial charge in [0.2, 0.25) is 0 Å². The van der Waals surface area contributed by atoms with E-state index in [1.165, 1.54) is 5.56 Å². The zero-order valence-corrected chi connectivity index (χ0v) is 8.37. The molecule has 2 heteroatoms. The quantitative estimate of drug-likeness (QED) is 0.667. The topological polar surface area (TPSA) is 9.23 Å². The van der Waals surface area contributed by atoms with Gasteiger partial charge in [-0.1, -0.05) is 29.8 Å². The third-order valence-corrected chi connectivity index (χ3v) is 2.67. The van der Waals surface area contributed by atoms with Crippen molar-refractivity contribution in [3.8, 4) is 0 Å². The first-order chi connectivity index (χ1) is 6.75. The molecule has 1 aromatic rings. The third kappa shape index (κ3) is 2.13. The summed E-state index contributed by atoms with van der Waals surface area (Å²) in [7, 11) is 0. The maximum atomic E-state index is 13.1. The number of aryl methyl sites for hydroxylation is 1. The Labute approximate surface area is 83.9 Å². The minimum absolute atomic E-state index is 0.0423. The summed E-state index contributed by atoms with van der Waals surface area (Å²) in [6.07, 6.45) is 0.306. The summed E-state index contributed by atoms with van der Waals surface area (Å²) in [5.41, 5.74) is 2.32. The van der Waals surface area contributed by atoms with Crippen molar-refractivity contribution in [3.05, 3.63) is 35.4 Å². The van der Waals surface area contributed by atoms with Crippen LogP contribution in [0.5, 0.6) is 0 Å². The zero-order valence-electron chi connectivity index (χ0n) is 8.37. The lowest BCUT2D eigenvalue weighted by molar-refractivity contribution is -0.0193. The van der Waals surface area contributed by atoms with Crippen molar-refractivity contribution in [2.24, 2.45) is 0 Å². The number of rotatable bonds is 1. The normalized spacial score (nSPS) is 27.6. The highest BCUT2D eigenvalue weighted by molar-refractivity contribution is 5.23. The fraction of sp³-hybridized carbons (Fsp3) is 0.500. The molecular weight excluding hydrogens is 179 g/mol. The fourth-order valence-corrected chi connectivity index (χ4v) is 1.77. The Balaban J connectivity index is 2.10. The van der Waals surface area contributed by atoms with Crippen LogP contribution in [0.4, 0.5) is 4.39 Å². The Bertz CT molecular complexity index is 294. The standard InChI is InChI=1S/C12H15FO/c1-9-2-4-10(5-3-9)12-8-11(13)6-7-14-12/h2-5,11-12H,6-8H2,1H3/t11-,12+/m0/s1. The highest BCUT2D eigenvalue weighted by Gasteiger charge is 2.23. The van der Waals surface area contributed by atoms with E-state index in [-0.39, 0.29) is 6.10 Å². The van der Waals surface area contributed by atoms with Crippen LogP contribution in [0, 0.1) is 6.92 Å². The van der Waals surface area contributed by atoms with Crippen LogP contribution in [0.25, 0.3) is 0 Å². The summed E-state index contributed by atoms with van der Waals surface area (Å²) in [5.74, 6) is 0. The minimum atomic E-state index is -0.699. The molecule has 1 heterocycles. The van der Waals surface area contributed by atoms with Gasteiger partial charge in [0.05, 0.1) is 12.7 Å². The van der Waals surface area contributed by atoms with Crippen LogP contribution in [0.3, 0.4) is 0 Å². The number of halogens is 1. The Morgan fingerprint density at radius 3 is 2.64 bits per heavy atom. The average molecular weight is 194 g/mol. The number of benzene rings is 1. The molecular formula is C12H15FO. The maximum Gasteiger partial charge on any atom is 0.105 e. The molecule has 1 fully saturated rings. The van der Waals surface area contributed by atoms with Crippen LogP contribution in [0.2, 0.25) is 0 Å². The maximum absolute atomic E-state index is 13.1. The van der Waals surface area contributed by atoms with Crippen molar-refractivity contribution in [1.82, 2.24) is 0 Å². The van der Waals surface area contributed by atoms with Crippen LogP contribution in [-0.4, -0.2) is 12.8 Å². The minimum Gasteiger partial charge on any atom is -0.373 e. The molecule has 14 heavy (non-hydrogen) atoms. The molecule has 2 rings (SSSR count). The second-order valence-electron chi connectivity index (χ2n) is 3.89. The monoisotopic (exact) mass is 194 g/mol. The molecule has 2 atom stereocenters. The van der Waals surface area contributed by atoms with Gasteiger partial charge in [-0.15, -0.1) is 0 Å². The van der Waals surface area contributed by atoms with E-state index < -0.39 is 6.17 Å². The van der Waals surface area contributed by atoms with E-state index in [9.17, 15) is 4.39 Å². The third-order valence-electron chi connectivity index (χ3n) is 2.67. The molecule has 0 aliphatic carbocycles. The molecule has 0 radical (unpaired) electrons. The summed E-state index contributed by atoms with van der Waals surface area (Å²) in [4.78, 5) is 0. The Morgan fingerprint density at radius 1 is 1.29 bits per heavy atom. The first-order valence-electron chi connectivity index (χ1n) is 5.08. The van der Waals surface area contributed by atoms with Gasteiger partial charge >= 0.3 is 0 Å². The molecule has 0 spiro atoms. The lowest BCUT2D eigenvalue weighted by Gasteiger charge is -2.25. The van der Waals surface area contributed by atoms with Gasteiger partial charge in [0.25, 0.3) is 0 Å². The number of ether oxygens (including phenoxy) is 1. The molecule has 76 valence electrons. The van der Waals surface area contributed by atoms with Crippen molar-refractivity contribution < 1.29 is 9.13 Å². The molecule has 0 bridgehead atoms. The van der Waals surface area contributed by atoms with Gasteiger partial charge in [-0.2, -0.15) is 0 Å². The SMILES string of the molecule is Cc1ccc([C@H]2C[C@@H](F)CCO2)cc1. The van der Waals surface area contributed by atoms with Crippen molar-refractivity contribution in [2.75, 3.05) is 6.61 Å². The number of hydrogen-bond donors (Lipinski definition) is 0. The van der Waals surface area contributed by atoms with Gasteiger partial charge < -0.3 is 4.74 Å². The molecule has 0 amide bonds. The van der Waals surface area contributed by atoms with Gasteiger partial charge in [0.15, 0.2) is 0 Å². The highest BCUT2D eigenvalue weighted by atomic mass is 19.1. The van der Waals surface area contributed by atoms with Crippen molar-refractivity contribution in [2.45, 2.75) is 32.0 Å². The predicted octanol–water partition coefficient (Wildman–Crippen LogP) is 3.18. The molecule has 0 unspecified atom stereocenters.